The summed E-state index contributed by atoms with van der Waals surface area (Å²) in [6.45, 7) is 1.88. The zero-order valence-corrected chi connectivity index (χ0v) is 6.02. The van der Waals surface area contributed by atoms with Gasteiger partial charge in [0.2, 0.25) is 0 Å². The van der Waals surface area contributed by atoms with Crippen molar-refractivity contribution < 1.29 is 14.5 Å². The Balaban J connectivity index is 3.54. The van der Waals surface area contributed by atoms with Gasteiger partial charge in [0, 0.05) is 12.0 Å². The molecule has 1 atom stereocenters. The number of hydrogen-bond acceptors (Lipinski definition) is 3. The predicted octanol–water partition coefficient (Wildman–Crippen LogP) is 1.45. The molecule has 0 aromatic carbocycles. The van der Waals surface area contributed by atoms with E-state index in [0.29, 0.717) is 18.5 Å². The number of aliphatic carboxylic acids is 1. The summed E-state index contributed by atoms with van der Waals surface area (Å²) in [5, 5.41) is 7.68. The van der Waals surface area contributed by atoms with Crippen LogP contribution in [0.2, 0.25) is 0 Å². The molecule has 3 nitrogen and oxygen atoms in total. The molecular formula is C5H10O3S. The van der Waals surface area contributed by atoms with E-state index in [0.717, 1.165) is 6.42 Å². The van der Waals surface area contributed by atoms with Crippen molar-refractivity contribution >= 4 is 18.0 Å². The van der Waals surface area contributed by atoms with Crippen LogP contribution in [0.25, 0.3) is 0 Å². The summed E-state index contributed by atoms with van der Waals surface area (Å²) in [4.78, 5) is 10.1. The first-order chi connectivity index (χ1) is 4.22. The molecule has 0 saturated heterocycles. The van der Waals surface area contributed by atoms with Gasteiger partial charge in [0.05, 0.1) is 0 Å². The van der Waals surface area contributed by atoms with E-state index in [9.17, 15) is 4.79 Å². The topological polar surface area (TPSA) is 57.5 Å². The molecule has 0 fully saturated rings. The fourth-order valence-corrected chi connectivity index (χ4v) is 0.915. The lowest BCUT2D eigenvalue weighted by Gasteiger charge is -2.03. The second kappa shape index (κ2) is 4.64. The first kappa shape index (κ1) is 8.78. The Labute approximate surface area is 58.3 Å². The number of rotatable bonds is 4. The van der Waals surface area contributed by atoms with Gasteiger partial charge in [-0.2, -0.15) is 0 Å². The van der Waals surface area contributed by atoms with Crippen molar-refractivity contribution in [1.29, 1.82) is 0 Å². The highest BCUT2D eigenvalue weighted by Crippen LogP contribution is 2.11. The molecule has 0 saturated carbocycles. The lowest BCUT2D eigenvalue weighted by Crippen LogP contribution is -2.15. The van der Waals surface area contributed by atoms with Gasteiger partial charge in [-0.25, -0.2) is 0 Å². The summed E-state index contributed by atoms with van der Waals surface area (Å²) in [5.74, 6) is -0.940. The summed E-state index contributed by atoms with van der Waals surface area (Å²) >= 11 is 0.403. The maximum Gasteiger partial charge on any atom is 0.318 e. The van der Waals surface area contributed by atoms with Crippen LogP contribution in [-0.4, -0.2) is 20.9 Å². The molecule has 0 radical (unpaired) electrons. The maximum absolute atomic E-state index is 10.1. The normalized spacial score (nSPS) is 13.1. The Kier molecular flexibility index (Phi) is 4.53. The van der Waals surface area contributed by atoms with Gasteiger partial charge in [0.1, 0.15) is 5.25 Å². The molecule has 0 rings (SSSR count). The maximum atomic E-state index is 10.1. The van der Waals surface area contributed by atoms with Gasteiger partial charge >= 0.3 is 5.97 Å². The fourth-order valence-electron chi connectivity index (χ4n) is 0.483. The molecule has 0 aromatic rings. The van der Waals surface area contributed by atoms with Crippen LogP contribution in [0.3, 0.4) is 0 Å². The first-order valence-corrected chi connectivity index (χ1v) is 3.59. The molecule has 0 aromatic heterocycles. The number of carbonyl (C=O) groups is 1. The molecule has 2 N–H and O–H groups in total. The summed E-state index contributed by atoms with van der Waals surface area (Å²) in [6.07, 6.45) is 1.31. The lowest BCUT2D eigenvalue weighted by molar-refractivity contribution is -0.136. The molecule has 0 amide bonds. The minimum absolute atomic E-state index is 0.403. The van der Waals surface area contributed by atoms with Crippen molar-refractivity contribution in [2.75, 3.05) is 0 Å². The van der Waals surface area contributed by atoms with E-state index in [1.54, 1.807) is 0 Å². The lowest BCUT2D eigenvalue weighted by atomic mass is 10.2. The van der Waals surface area contributed by atoms with Crippen molar-refractivity contribution in [1.82, 2.24) is 0 Å². The molecule has 0 spiro atoms. The highest BCUT2D eigenvalue weighted by Gasteiger charge is 2.15. The molecule has 0 aliphatic rings. The van der Waals surface area contributed by atoms with Crippen LogP contribution in [0.15, 0.2) is 0 Å². The van der Waals surface area contributed by atoms with Crippen LogP contribution in [0.4, 0.5) is 0 Å². The Morgan fingerprint density at radius 2 is 2.33 bits per heavy atom. The molecule has 1 unspecified atom stereocenters. The third-order valence-corrected chi connectivity index (χ3v) is 1.65. The van der Waals surface area contributed by atoms with Crippen molar-refractivity contribution in [2.24, 2.45) is 0 Å². The summed E-state index contributed by atoms with van der Waals surface area (Å²) in [5.41, 5.74) is 0. The number of hydrogen-bond donors (Lipinski definition) is 2. The monoisotopic (exact) mass is 150 g/mol. The first-order valence-electron chi connectivity index (χ1n) is 2.75. The minimum atomic E-state index is -0.940. The quantitative estimate of drug-likeness (QED) is 0.595. The standard InChI is InChI=1S/C5H10O3S/c1-2-3-4(9-8)5(6)7/h4,8H,2-3H2,1H3,(H,6,7). The molecular weight excluding hydrogens is 140 g/mol. The van der Waals surface area contributed by atoms with Gasteiger partial charge < -0.3 is 9.66 Å². The van der Waals surface area contributed by atoms with Crippen LogP contribution in [0.5, 0.6) is 0 Å². The second-order valence-corrected chi connectivity index (χ2v) is 2.50. The van der Waals surface area contributed by atoms with E-state index < -0.39 is 11.2 Å². The third kappa shape index (κ3) is 3.37. The van der Waals surface area contributed by atoms with Gasteiger partial charge in [0.25, 0.3) is 0 Å². The van der Waals surface area contributed by atoms with Crippen LogP contribution >= 0.6 is 12.0 Å². The molecule has 0 aliphatic carbocycles. The summed E-state index contributed by atoms with van der Waals surface area (Å²) in [7, 11) is 0. The van der Waals surface area contributed by atoms with Crippen LogP contribution < -0.4 is 0 Å². The van der Waals surface area contributed by atoms with Crippen molar-refractivity contribution in [3.63, 3.8) is 0 Å². The molecule has 0 heterocycles. The van der Waals surface area contributed by atoms with E-state index in [4.69, 9.17) is 9.66 Å². The van der Waals surface area contributed by atoms with Crippen LogP contribution in [0, 0.1) is 0 Å². The fraction of sp³-hybridized carbons (Fsp3) is 0.800. The van der Waals surface area contributed by atoms with Crippen molar-refractivity contribution in [3.05, 3.63) is 0 Å². The van der Waals surface area contributed by atoms with E-state index in [1.165, 1.54) is 0 Å². The highest BCUT2D eigenvalue weighted by atomic mass is 32.2. The Morgan fingerprint density at radius 3 is 2.44 bits per heavy atom. The Bertz CT molecular complexity index is 94.2. The zero-order chi connectivity index (χ0) is 7.28. The third-order valence-electron chi connectivity index (χ3n) is 0.954. The summed E-state index contributed by atoms with van der Waals surface area (Å²) < 4.78 is 8.36. The molecule has 0 aliphatic heterocycles. The second-order valence-electron chi connectivity index (χ2n) is 1.72. The van der Waals surface area contributed by atoms with Crippen molar-refractivity contribution in [2.45, 2.75) is 25.0 Å². The van der Waals surface area contributed by atoms with E-state index in [-0.39, 0.29) is 0 Å². The van der Waals surface area contributed by atoms with Gasteiger partial charge in [0.15, 0.2) is 0 Å². The zero-order valence-electron chi connectivity index (χ0n) is 5.20. The average Bonchev–Trinajstić information content (AvgIpc) is 1.82. The highest BCUT2D eigenvalue weighted by molar-refractivity contribution is 7.95. The van der Waals surface area contributed by atoms with E-state index in [1.807, 2.05) is 6.92 Å². The van der Waals surface area contributed by atoms with Gasteiger partial charge in [-0.05, 0) is 6.42 Å². The Hall–Kier alpha value is -0.220. The number of carboxylic acids is 1. The molecule has 0 bridgehead atoms. The van der Waals surface area contributed by atoms with Crippen molar-refractivity contribution in [3.8, 4) is 0 Å². The van der Waals surface area contributed by atoms with E-state index >= 15 is 0 Å². The number of carboxylic acid groups (broad SMARTS) is 1. The predicted molar refractivity (Wildman–Crippen MR) is 36.6 cm³/mol. The molecule has 4 heteroatoms. The molecule has 9 heavy (non-hydrogen) atoms. The SMILES string of the molecule is CCCC(SO)C(=O)O. The molecule has 54 valence electrons. The van der Waals surface area contributed by atoms with Gasteiger partial charge in [-0.1, -0.05) is 13.3 Å². The Morgan fingerprint density at radius 1 is 1.78 bits per heavy atom. The summed E-state index contributed by atoms with van der Waals surface area (Å²) in [6, 6.07) is 0. The van der Waals surface area contributed by atoms with Gasteiger partial charge in [-0.3, -0.25) is 4.79 Å². The largest absolute Gasteiger partial charge is 0.480 e. The van der Waals surface area contributed by atoms with Crippen LogP contribution in [-0.2, 0) is 4.79 Å². The average molecular weight is 150 g/mol. The van der Waals surface area contributed by atoms with Crippen LogP contribution in [0.1, 0.15) is 19.8 Å². The van der Waals surface area contributed by atoms with Gasteiger partial charge in [-0.15, -0.1) is 0 Å². The van der Waals surface area contributed by atoms with E-state index in [2.05, 4.69) is 0 Å². The minimum Gasteiger partial charge on any atom is -0.480 e. The smallest absolute Gasteiger partial charge is 0.318 e.